The van der Waals surface area contributed by atoms with Gasteiger partial charge in [0, 0.05) is 21.8 Å². The maximum absolute atomic E-state index is 5.44. The zero-order valence-corrected chi connectivity index (χ0v) is 26.7. The van der Waals surface area contributed by atoms with Crippen molar-refractivity contribution >= 4 is 21.8 Å². The van der Waals surface area contributed by atoms with E-state index in [4.69, 9.17) is 4.98 Å². The Balaban J connectivity index is 1.36. The molecule has 2 aromatic heterocycles. The number of benzene rings is 5. The molecule has 0 fully saturated rings. The van der Waals surface area contributed by atoms with Gasteiger partial charge in [-0.3, -0.25) is 9.13 Å². The van der Waals surface area contributed by atoms with Crippen LogP contribution >= 0.6 is 0 Å². The molecule has 0 spiro atoms. The Morgan fingerprint density at radius 1 is 0.702 bits per heavy atom. The van der Waals surface area contributed by atoms with Crippen molar-refractivity contribution in [3.05, 3.63) is 180 Å². The van der Waals surface area contributed by atoms with Gasteiger partial charge < -0.3 is 0 Å². The number of fused-ring (bicyclic) bond motifs is 5. The van der Waals surface area contributed by atoms with Gasteiger partial charge in [-0.15, -0.1) is 0 Å². The van der Waals surface area contributed by atoms with Crippen LogP contribution in [0.25, 0.3) is 50.1 Å². The molecule has 2 aliphatic rings. The van der Waals surface area contributed by atoms with E-state index >= 15 is 0 Å². The molecule has 0 N–H and O–H groups in total. The number of hydrogen-bond donors (Lipinski definition) is 0. The highest BCUT2D eigenvalue weighted by Gasteiger charge is 2.43. The number of hydrogen-bond acceptors (Lipinski definition) is 1. The molecule has 0 amide bonds. The largest absolute Gasteiger partial charge is 0.297 e. The van der Waals surface area contributed by atoms with Crippen LogP contribution < -0.4 is 0 Å². The van der Waals surface area contributed by atoms with E-state index < -0.39 is 0 Å². The summed E-state index contributed by atoms with van der Waals surface area (Å²) < 4.78 is 4.84. The van der Waals surface area contributed by atoms with Crippen molar-refractivity contribution < 1.29 is 0 Å². The van der Waals surface area contributed by atoms with Gasteiger partial charge in [-0.1, -0.05) is 142 Å². The lowest BCUT2D eigenvalue weighted by atomic mass is 9.75. The summed E-state index contributed by atoms with van der Waals surface area (Å²) in [7, 11) is 0. The Morgan fingerprint density at radius 2 is 1.38 bits per heavy atom. The van der Waals surface area contributed by atoms with E-state index in [2.05, 4.69) is 175 Å². The van der Waals surface area contributed by atoms with E-state index in [1.54, 1.807) is 0 Å². The standard InChI is InChI=1S/C44H35N3/c1-29-16-8-4-15-23-34-27-39-36(28-37(34)44(29,2)3)35-26-33(30-17-9-5-10-18-30)24-25-38(35)46(39)43-45-40(31-19-11-6-12-20-31)42-41(47(42)43)32-21-13-7-14-22-32/h4-22,24-28,41H,1,23H2,2-3H3/b15-4-,16-8-. The molecule has 9 rings (SSSR count). The molecule has 1 atom stereocenters. The van der Waals surface area contributed by atoms with E-state index in [-0.39, 0.29) is 11.5 Å². The summed E-state index contributed by atoms with van der Waals surface area (Å²) in [4.78, 5) is 5.44. The van der Waals surface area contributed by atoms with Crippen molar-refractivity contribution in [3.63, 3.8) is 0 Å². The van der Waals surface area contributed by atoms with Crippen molar-refractivity contribution in [2.45, 2.75) is 31.7 Å². The van der Waals surface area contributed by atoms with Gasteiger partial charge in [-0.2, -0.15) is 0 Å². The fourth-order valence-electron chi connectivity index (χ4n) is 7.49. The van der Waals surface area contributed by atoms with Crippen LogP contribution in [0.5, 0.6) is 0 Å². The summed E-state index contributed by atoms with van der Waals surface area (Å²) >= 11 is 0. The topological polar surface area (TPSA) is 22.8 Å². The predicted molar refractivity (Wildman–Crippen MR) is 195 cm³/mol. The Labute approximate surface area is 275 Å². The van der Waals surface area contributed by atoms with Crippen LogP contribution in [0.2, 0.25) is 0 Å². The van der Waals surface area contributed by atoms with Crippen LogP contribution in [-0.4, -0.2) is 14.1 Å². The minimum absolute atomic E-state index is 0.166. The first kappa shape index (κ1) is 27.6. The SMILES string of the molecule is C=C1/C=C\C=C/Cc2cc3c(cc2C1(C)C)c1cc(-c2ccccc2)ccc1n3-c1nc(-c2ccccc2)c2n1C2c1ccccc1. The Hall–Kier alpha value is -5.67. The number of imidazole rings is 1. The molecule has 3 heterocycles. The minimum Gasteiger partial charge on any atom is -0.297 e. The molecule has 0 radical (unpaired) electrons. The molecule has 5 aromatic carbocycles. The molecule has 1 aliphatic carbocycles. The lowest BCUT2D eigenvalue weighted by Gasteiger charge is -2.29. The molecular weight excluding hydrogens is 571 g/mol. The third-order valence-electron chi connectivity index (χ3n) is 10.2. The van der Waals surface area contributed by atoms with E-state index in [1.807, 2.05) is 0 Å². The second kappa shape index (κ2) is 10.4. The van der Waals surface area contributed by atoms with Crippen LogP contribution in [0.3, 0.4) is 0 Å². The first-order chi connectivity index (χ1) is 23.0. The second-order valence-corrected chi connectivity index (χ2v) is 13.3. The summed E-state index contributed by atoms with van der Waals surface area (Å²) in [5.74, 6) is 0.962. The van der Waals surface area contributed by atoms with E-state index in [0.29, 0.717) is 0 Å². The van der Waals surface area contributed by atoms with Gasteiger partial charge in [-0.05, 0) is 64.1 Å². The van der Waals surface area contributed by atoms with Gasteiger partial charge >= 0.3 is 0 Å². The highest BCUT2D eigenvalue weighted by atomic mass is 15.3. The van der Waals surface area contributed by atoms with Gasteiger partial charge in [0.2, 0.25) is 5.95 Å². The molecule has 226 valence electrons. The molecule has 3 heteroatoms. The van der Waals surface area contributed by atoms with Crippen molar-refractivity contribution in [2.75, 3.05) is 0 Å². The maximum Gasteiger partial charge on any atom is 0.216 e. The monoisotopic (exact) mass is 605 g/mol. The van der Waals surface area contributed by atoms with Crippen LogP contribution in [0.4, 0.5) is 0 Å². The molecule has 0 saturated heterocycles. The van der Waals surface area contributed by atoms with Gasteiger partial charge in [0.05, 0.1) is 22.4 Å². The lowest BCUT2D eigenvalue weighted by Crippen LogP contribution is -2.20. The highest BCUT2D eigenvalue weighted by Crippen LogP contribution is 2.50. The van der Waals surface area contributed by atoms with Crippen LogP contribution in [0, 0.1) is 0 Å². The average Bonchev–Trinajstić information content (AvgIpc) is 3.59. The molecule has 1 unspecified atom stereocenters. The maximum atomic E-state index is 5.44. The lowest BCUT2D eigenvalue weighted by molar-refractivity contribution is 0.636. The number of aromatic nitrogens is 3. The molecule has 1 aliphatic heterocycles. The quantitative estimate of drug-likeness (QED) is 0.196. The normalized spacial score (nSPS) is 17.8. The third-order valence-corrected chi connectivity index (χ3v) is 10.2. The Bertz CT molecular complexity index is 2400. The van der Waals surface area contributed by atoms with E-state index in [9.17, 15) is 0 Å². The van der Waals surface area contributed by atoms with Crippen molar-refractivity contribution in [1.82, 2.24) is 14.1 Å². The van der Waals surface area contributed by atoms with Crippen LogP contribution in [0.1, 0.15) is 42.3 Å². The molecule has 0 bridgehead atoms. The zero-order chi connectivity index (χ0) is 31.7. The number of allylic oxidation sites excluding steroid dienone is 5. The minimum atomic E-state index is -0.226. The fourth-order valence-corrected chi connectivity index (χ4v) is 7.49. The molecule has 0 saturated carbocycles. The second-order valence-electron chi connectivity index (χ2n) is 13.3. The number of rotatable bonds is 4. The predicted octanol–water partition coefficient (Wildman–Crippen LogP) is 10.8. The van der Waals surface area contributed by atoms with Gasteiger partial charge in [0.15, 0.2) is 0 Å². The van der Waals surface area contributed by atoms with Crippen LogP contribution in [-0.2, 0) is 11.8 Å². The van der Waals surface area contributed by atoms with Gasteiger partial charge in [0.25, 0.3) is 0 Å². The van der Waals surface area contributed by atoms with Crippen molar-refractivity contribution in [2.24, 2.45) is 0 Å². The van der Waals surface area contributed by atoms with Crippen molar-refractivity contribution in [1.29, 1.82) is 0 Å². The summed E-state index contributed by atoms with van der Waals surface area (Å²) in [6.07, 6.45) is 9.53. The van der Waals surface area contributed by atoms with Crippen molar-refractivity contribution in [3.8, 4) is 28.3 Å². The zero-order valence-electron chi connectivity index (χ0n) is 26.7. The molecular formula is C44H35N3. The Kier molecular flexibility index (Phi) is 6.13. The summed E-state index contributed by atoms with van der Waals surface area (Å²) in [5.41, 5.74) is 13.0. The van der Waals surface area contributed by atoms with Gasteiger partial charge in [-0.25, -0.2) is 4.98 Å². The summed E-state index contributed by atoms with van der Waals surface area (Å²) in [5, 5.41) is 2.46. The average molecular weight is 606 g/mol. The fraction of sp³-hybridized carbons (Fsp3) is 0.114. The molecule has 7 aromatic rings. The Morgan fingerprint density at radius 3 is 2.13 bits per heavy atom. The van der Waals surface area contributed by atoms with E-state index in [1.165, 1.54) is 49.8 Å². The highest BCUT2D eigenvalue weighted by molar-refractivity contribution is 6.11. The molecule has 3 nitrogen and oxygen atoms in total. The third kappa shape index (κ3) is 4.30. The summed E-state index contributed by atoms with van der Waals surface area (Å²) in [6.45, 7) is 9.11. The van der Waals surface area contributed by atoms with E-state index in [0.717, 1.165) is 34.7 Å². The molecule has 47 heavy (non-hydrogen) atoms. The summed E-state index contributed by atoms with van der Waals surface area (Å²) in [6, 6.07) is 44.0. The number of nitrogens with zero attached hydrogens (tertiary/aromatic N) is 3. The smallest absolute Gasteiger partial charge is 0.216 e. The van der Waals surface area contributed by atoms with Gasteiger partial charge in [0.1, 0.15) is 6.04 Å². The first-order valence-corrected chi connectivity index (χ1v) is 16.4. The first-order valence-electron chi connectivity index (χ1n) is 16.4. The van der Waals surface area contributed by atoms with Crippen LogP contribution in [0.15, 0.2) is 158 Å².